The number of amides is 1. The van der Waals surface area contributed by atoms with E-state index in [4.69, 9.17) is 14.4 Å². The summed E-state index contributed by atoms with van der Waals surface area (Å²) in [5.74, 6) is 1.02. The monoisotopic (exact) mass is 376 g/mol. The number of nitriles is 1. The minimum atomic E-state index is -0.370. The maximum absolute atomic E-state index is 11.9. The first-order valence-electron chi connectivity index (χ1n) is 8.71. The summed E-state index contributed by atoms with van der Waals surface area (Å²) in [5, 5.41) is 12.8. The molecule has 0 saturated carbocycles. The largest absolute Gasteiger partial charge is 0.484 e. The summed E-state index contributed by atoms with van der Waals surface area (Å²) in [7, 11) is 0. The molecule has 0 aliphatic heterocycles. The van der Waals surface area contributed by atoms with Gasteiger partial charge in [-0.15, -0.1) is 0 Å². The molecule has 1 amide bonds. The van der Waals surface area contributed by atoms with Crippen molar-refractivity contribution in [3.8, 4) is 11.8 Å². The quantitative estimate of drug-likeness (QED) is 0.506. The van der Waals surface area contributed by atoms with Gasteiger partial charge in [-0.2, -0.15) is 10.4 Å². The van der Waals surface area contributed by atoms with Crippen molar-refractivity contribution >= 4 is 12.1 Å². The van der Waals surface area contributed by atoms with Crippen LogP contribution in [0.15, 0.2) is 58.2 Å². The number of carbonyl (C=O) groups excluding carboxylic acids is 1. The van der Waals surface area contributed by atoms with Crippen molar-refractivity contribution in [3.05, 3.63) is 77.0 Å². The van der Waals surface area contributed by atoms with E-state index in [-0.39, 0.29) is 12.5 Å². The van der Waals surface area contributed by atoms with Crippen LogP contribution in [0.5, 0.6) is 5.75 Å². The average molecular weight is 376 g/mol. The first-order chi connectivity index (χ1) is 13.6. The summed E-state index contributed by atoms with van der Waals surface area (Å²) >= 11 is 0. The summed E-state index contributed by atoms with van der Waals surface area (Å²) in [6.07, 6.45) is 3.27. The molecule has 3 rings (SSSR count). The van der Waals surface area contributed by atoms with Gasteiger partial charge >= 0.3 is 0 Å². The fourth-order valence-electron chi connectivity index (χ4n) is 2.74. The molecule has 0 unspecified atom stereocenters. The number of hydrogen-bond acceptors (Lipinski definition) is 5. The minimum absolute atomic E-state index is 0.166. The Bertz CT molecular complexity index is 1010. The van der Waals surface area contributed by atoms with E-state index in [9.17, 15) is 4.79 Å². The number of nitrogens with one attached hydrogen (secondary N) is 1. The number of ether oxygens (including phenoxy) is 1. The minimum Gasteiger partial charge on any atom is -0.484 e. The van der Waals surface area contributed by atoms with Crippen LogP contribution in [0, 0.1) is 25.2 Å². The molecule has 0 aliphatic rings. The molecule has 1 aromatic carbocycles. The number of hydrazone groups is 1. The Morgan fingerprint density at radius 2 is 2.11 bits per heavy atom. The van der Waals surface area contributed by atoms with Gasteiger partial charge in [0.1, 0.15) is 11.5 Å². The first kappa shape index (κ1) is 19.0. The molecule has 2 aromatic heterocycles. The van der Waals surface area contributed by atoms with Gasteiger partial charge in [-0.3, -0.25) is 4.79 Å². The second kappa shape index (κ2) is 8.73. The molecule has 0 atom stereocenters. The van der Waals surface area contributed by atoms with Crippen molar-refractivity contribution in [2.75, 3.05) is 6.61 Å². The number of aryl methyl sites for hydroxylation is 1. The number of furan rings is 1. The predicted octanol–water partition coefficient (Wildman–Crippen LogP) is 3.15. The lowest BCUT2D eigenvalue weighted by atomic mass is 10.2. The molecule has 1 N–H and O–H groups in total. The van der Waals surface area contributed by atoms with Crippen molar-refractivity contribution in [2.24, 2.45) is 5.10 Å². The average Bonchev–Trinajstić information content (AvgIpc) is 3.31. The number of nitrogens with zero attached hydrogens (tertiary/aromatic N) is 3. The van der Waals surface area contributed by atoms with Crippen LogP contribution in [0.1, 0.15) is 28.3 Å². The topological polar surface area (TPSA) is 92.5 Å². The number of benzene rings is 1. The van der Waals surface area contributed by atoms with E-state index < -0.39 is 0 Å². The van der Waals surface area contributed by atoms with Gasteiger partial charge in [0.2, 0.25) is 0 Å². The van der Waals surface area contributed by atoms with E-state index in [0.29, 0.717) is 17.9 Å². The lowest BCUT2D eigenvalue weighted by Gasteiger charge is -2.07. The third kappa shape index (κ3) is 4.68. The Morgan fingerprint density at radius 1 is 1.32 bits per heavy atom. The number of aromatic nitrogens is 1. The van der Waals surface area contributed by atoms with Crippen LogP contribution in [-0.2, 0) is 11.3 Å². The van der Waals surface area contributed by atoms with E-state index in [1.54, 1.807) is 36.7 Å². The molecule has 142 valence electrons. The summed E-state index contributed by atoms with van der Waals surface area (Å²) in [4.78, 5) is 11.9. The summed E-state index contributed by atoms with van der Waals surface area (Å²) < 4.78 is 12.9. The Labute approximate surface area is 162 Å². The fourth-order valence-corrected chi connectivity index (χ4v) is 2.74. The van der Waals surface area contributed by atoms with Gasteiger partial charge in [0, 0.05) is 17.0 Å². The third-order valence-corrected chi connectivity index (χ3v) is 4.25. The molecule has 7 heteroatoms. The highest BCUT2D eigenvalue weighted by Gasteiger charge is 2.09. The van der Waals surface area contributed by atoms with Crippen molar-refractivity contribution in [3.63, 3.8) is 0 Å². The van der Waals surface area contributed by atoms with Crippen LogP contribution in [-0.4, -0.2) is 23.3 Å². The third-order valence-electron chi connectivity index (χ3n) is 4.25. The van der Waals surface area contributed by atoms with Crippen LogP contribution in [0.4, 0.5) is 0 Å². The van der Waals surface area contributed by atoms with Crippen LogP contribution in [0.3, 0.4) is 0 Å². The second-order valence-electron chi connectivity index (χ2n) is 6.21. The number of carbonyl (C=O) groups is 1. The van der Waals surface area contributed by atoms with Gasteiger partial charge in [0.05, 0.1) is 30.7 Å². The summed E-state index contributed by atoms with van der Waals surface area (Å²) in [6, 6.07) is 14.4. The maximum atomic E-state index is 11.9. The lowest BCUT2D eigenvalue weighted by molar-refractivity contribution is -0.123. The Balaban J connectivity index is 1.53. The number of rotatable bonds is 7. The molecule has 0 radical (unpaired) electrons. The Hall–Kier alpha value is -3.79. The van der Waals surface area contributed by atoms with E-state index in [1.807, 2.05) is 38.1 Å². The van der Waals surface area contributed by atoms with E-state index in [0.717, 1.165) is 22.7 Å². The van der Waals surface area contributed by atoms with Crippen LogP contribution in [0.25, 0.3) is 0 Å². The molecular weight excluding hydrogens is 356 g/mol. The highest BCUT2D eigenvalue weighted by molar-refractivity contribution is 5.84. The normalized spacial score (nSPS) is 10.8. The Kier molecular flexibility index (Phi) is 5.92. The van der Waals surface area contributed by atoms with Gasteiger partial charge in [-0.05, 0) is 56.3 Å². The Morgan fingerprint density at radius 3 is 2.79 bits per heavy atom. The maximum Gasteiger partial charge on any atom is 0.277 e. The van der Waals surface area contributed by atoms with Crippen LogP contribution >= 0.6 is 0 Å². The van der Waals surface area contributed by atoms with Crippen LogP contribution < -0.4 is 10.2 Å². The fraction of sp³-hybridized carbons (Fsp3) is 0.190. The summed E-state index contributed by atoms with van der Waals surface area (Å²) in [6.45, 7) is 4.48. The van der Waals surface area contributed by atoms with E-state index in [2.05, 4.69) is 15.1 Å². The van der Waals surface area contributed by atoms with Gasteiger partial charge in [-0.25, -0.2) is 5.43 Å². The smallest absolute Gasteiger partial charge is 0.277 e. The molecule has 7 nitrogen and oxygen atoms in total. The molecule has 3 aromatic rings. The molecule has 0 spiro atoms. The lowest BCUT2D eigenvalue weighted by Crippen LogP contribution is -2.24. The van der Waals surface area contributed by atoms with Crippen molar-refractivity contribution in [1.29, 1.82) is 5.26 Å². The van der Waals surface area contributed by atoms with E-state index in [1.165, 1.54) is 0 Å². The zero-order valence-electron chi connectivity index (χ0n) is 15.7. The number of hydrogen-bond donors (Lipinski definition) is 1. The summed E-state index contributed by atoms with van der Waals surface area (Å²) in [5.41, 5.74) is 6.00. The SMILES string of the molecule is Cc1cc(/C=N\NC(=O)COc2ccc(C#N)cc2)c(C)n1Cc1ccco1. The molecule has 2 heterocycles. The molecular formula is C21H20N4O3. The molecule has 0 fully saturated rings. The van der Waals surface area contributed by atoms with Gasteiger partial charge in [0.15, 0.2) is 6.61 Å². The van der Waals surface area contributed by atoms with Crippen molar-refractivity contribution in [2.45, 2.75) is 20.4 Å². The van der Waals surface area contributed by atoms with Gasteiger partial charge in [0.25, 0.3) is 5.91 Å². The zero-order chi connectivity index (χ0) is 19.9. The molecule has 0 aliphatic carbocycles. The molecule has 0 bridgehead atoms. The molecule has 28 heavy (non-hydrogen) atoms. The molecule has 0 saturated heterocycles. The van der Waals surface area contributed by atoms with Crippen molar-refractivity contribution < 1.29 is 13.9 Å². The van der Waals surface area contributed by atoms with Crippen LogP contribution in [0.2, 0.25) is 0 Å². The zero-order valence-corrected chi connectivity index (χ0v) is 15.7. The second-order valence-corrected chi connectivity index (χ2v) is 6.21. The van der Waals surface area contributed by atoms with Crippen molar-refractivity contribution in [1.82, 2.24) is 9.99 Å². The standard InChI is InChI=1S/C21H20N4O3/c1-15-10-18(16(2)25(15)13-20-4-3-9-27-20)12-23-24-21(26)14-28-19-7-5-17(11-22)6-8-19/h3-10,12H,13-14H2,1-2H3,(H,24,26)/b23-12-. The first-order valence-corrected chi connectivity index (χ1v) is 8.71. The highest BCUT2D eigenvalue weighted by Crippen LogP contribution is 2.16. The predicted molar refractivity (Wildman–Crippen MR) is 104 cm³/mol. The van der Waals surface area contributed by atoms with Gasteiger partial charge < -0.3 is 13.7 Å². The van der Waals surface area contributed by atoms with Gasteiger partial charge in [-0.1, -0.05) is 0 Å². The van der Waals surface area contributed by atoms with E-state index >= 15 is 0 Å². The highest BCUT2D eigenvalue weighted by atomic mass is 16.5.